The van der Waals surface area contributed by atoms with Crippen molar-refractivity contribution < 1.29 is 28.5 Å². The van der Waals surface area contributed by atoms with E-state index in [9.17, 15) is 9.59 Å². The van der Waals surface area contributed by atoms with Crippen LogP contribution in [0.3, 0.4) is 0 Å². The third-order valence-electron chi connectivity index (χ3n) is 4.02. The largest absolute Gasteiger partial charge is 0.488 e. The Hall–Kier alpha value is -2.28. The number of rotatable bonds is 4. The Labute approximate surface area is 180 Å². The molecule has 7 heteroatoms. The van der Waals surface area contributed by atoms with E-state index in [1.54, 1.807) is 27.7 Å². The Morgan fingerprint density at radius 3 is 2.33 bits per heavy atom. The number of alkyl carbamates (subject to hydrolysis) is 1. The summed E-state index contributed by atoms with van der Waals surface area (Å²) < 4.78 is 22.1. The number of carbonyl (C=O) groups excluding carboxylic acids is 2. The molecule has 1 heterocycles. The van der Waals surface area contributed by atoms with Crippen LogP contribution in [0.1, 0.15) is 60.8 Å². The van der Waals surface area contributed by atoms with Crippen LogP contribution in [0.15, 0.2) is 30.3 Å². The number of ether oxygens (including phenoxy) is 4. The molecule has 1 amide bonds. The maximum absolute atomic E-state index is 12.3. The highest BCUT2D eigenvalue weighted by Crippen LogP contribution is 2.17. The van der Waals surface area contributed by atoms with E-state index < -0.39 is 23.7 Å². The molecule has 0 aromatic heterocycles. The van der Waals surface area contributed by atoms with Gasteiger partial charge in [0.2, 0.25) is 0 Å². The number of cyclic esters (lactones) is 1. The zero-order chi connectivity index (χ0) is 22.6. The van der Waals surface area contributed by atoms with Gasteiger partial charge >= 0.3 is 12.1 Å². The van der Waals surface area contributed by atoms with Crippen molar-refractivity contribution in [2.24, 2.45) is 0 Å². The van der Waals surface area contributed by atoms with Gasteiger partial charge in [-0.15, -0.1) is 0 Å². The van der Waals surface area contributed by atoms with E-state index in [1.807, 2.05) is 30.3 Å². The lowest BCUT2D eigenvalue weighted by molar-refractivity contribution is -0.151. The van der Waals surface area contributed by atoms with E-state index in [-0.39, 0.29) is 25.4 Å². The molecule has 7 nitrogen and oxygen atoms in total. The molecule has 30 heavy (non-hydrogen) atoms. The molecule has 1 fully saturated rings. The van der Waals surface area contributed by atoms with E-state index in [1.165, 1.54) is 12.8 Å². The maximum atomic E-state index is 12.3. The van der Waals surface area contributed by atoms with Crippen molar-refractivity contribution in [1.82, 2.24) is 5.32 Å². The molecule has 170 valence electrons. The van der Waals surface area contributed by atoms with Gasteiger partial charge in [0.1, 0.15) is 23.6 Å². The SMILES string of the molecule is CC1CC(Oc2ccccc2)COC[C@H](NC(=O)OC(C)(C)C)C(=O)O1.CCCC. The second-order valence-corrected chi connectivity index (χ2v) is 8.27. The van der Waals surface area contributed by atoms with E-state index in [0.717, 1.165) is 5.75 Å². The minimum absolute atomic E-state index is 0.0144. The molecule has 0 radical (unpaired) electrons. The average Bonchev–Trinajstić information content (AvgIpc) is 2.71. The first-order valence-electron chi connectivity index (χ1n) is 10.6. The van der Waals surface area contributed by atoms with E-state index in [0.29, 0.717) is 6.42 Å². The first-order chi connectivity index (χ1) is 14.1. The third kappa shape index (κ3) is 11.0. The van der Waals surface area contributed by atoms with Crippen LogP contribution < -0.4 is 10.1 Å². The highest BCUT2D eigenvalue weighted by Gasteiger charge is 2.30. The van der Waals surface area contributed by atoms with Crippen LogP contribution in [0.25, 0.3) is 0 Å². The number of carbonyl (C=O) groups is 2. The number of nitrogens with one attached hydrogen (secondary N) is 1. The number of unbranched alkanes of at least 4 members (excludes halogenated alkanes) is 1. The lowest BCUT2D eigenvalue weighted by atomic mass is 10.2. The van der Waals surface area contributed by atoms with Crippen molar-refractivity contribution in [3.05, 3.63) is 30.3 Å². The first kappa shape index (κ1) is 25.8. The molecule has 1 aliphatic rings. The van der Waals surface area contributed by atoms with Crippen molar-refractivity contribution >= 4 is 12.1 Å². The Bertz CT molecular complexity index is 626. The minimum Gasteiger partial charge on any atom is -0.488 e. The van der Waals surface area contributed by atoms with Crippen LogP contribution in [-0.4, -0.2) is 49.1 Å². The maximum Gasteiger partial charge on any atom is 0.408 e. The molecular formula is C23H37NO6. The van der Waals surface area contributed by atoms with Gasteiger partial charge in [0.25, 0.3) is 0 Å². The van der Waals surface area contributed by atoms with Gasteiger partial charge < -0.3 is 24.3 Å². The third-order valence-corrected chi connectivity index (χ3v) is 4.02. The molecule has 2 rings (SSSR count). The van der Waals surface area contributed by atoms with Gasteiger partial charge in [-0.3, -0.25) is 0 Å². The van der Waals surface area contributed by atoms with Gasteiger partial charge in [0, 0.05) is 6.42 Å². The normalized spacial score (nSPS) is 22.2. The summed E-state index contributed by atoms with van der Waals surface area (Å²) in [4.78, 5) is 24.2. The molecule has 0 spiro atoms. The van der Waals surface area contributed by atoms with Gasteiger partial charge in [0.05, 0.1) is 13.2 Å². The number of hydrogen-bond acceptors (Lipinski definition) is 6. The molecule has 2 unspecified atom stereocenters. The van der Waals surface area contributed by atoms with Crippen molar-refractivity contribution in [1.29, 1.82) is 0 Å². The molecule has 0 saturated carbocycles. The van der Waals surface area contributed by atoms with Crippen molar-refractivity contribution in [3.8, 4) is 5.75 Å². The van der Waals surface area contributed by atoms with E-state index in [4.69, 9.17) is 18.9 Å². The first-order valence-corrected chi connectivity index (χ1v) is 10.6. The topological polar surface area (TPSA) is 83.1 Å². The summed E-state index contributed by atoms with van der Waals surface area (Å²) in [5, 5.41) is 2.50. The van der Waals surface area contributed by atoms with Crippen LogP contribution >= 0.6 is 0 Å². The summed E-state index contributed by atoms with van der Waals surface area (Å²) in [6.45, 7) is 11.7. The minimum atomic E-state index is -0.928. The van der Waals surface area contributed by atoms with Gasteiger partial charge in [-0.05, 0) is 39.8 Å². The molecule has 1 aromatic carbocycles. The lowest BCUT2D eigenvalue weighted by Crippen LogP contribution is -2.47. The van der Waals surface area contributed by atoms with Crippen LogP contribution in [-0.2, 0) is 19.0 Å². The number of para-hydroxylation sites is 1. The molecule has 0 aliphatic carbocycles. The second kappa shape index (κ2) is 13.1. The standard InChI is InChI=1S/C19H27NO6.C4H10/c1-13-10-15(25-14-8-6-5-7-9-14)11-23-12-16(17(21)24-13)20-18(22)26-19(2,3)4;1-3-4-2/h5-9,13,15-16H,10-12H2,1-4H3,(H,20,22);3-4H2,1-2H3/t13?,15?,16-;/m0./s1. The molecular weight excluding hydrogens is 386 g/mol. The highest BCUT2D eigenvalue weighted by molar-refractivity contribution is 5.81. The van der Waals surface area contributed by atoms with E-state index >= 15 is 0 Å². The predicted octanol–water partition coefficient (Wildman–Crippen LogP) is 4.49. The molecule has 3 atom stereocenters. The summed E-state index contributed by atoms with van der Waals surface area (Å²) in [6.07, 6.45) is 1.80. The van der Waals surface area contributed by atoms with Crippen molar-refractivity contribution in [2.45, 2.75) is 84.7 Å². The monoisotopic (exact) mass is 423 g/mol. The van der Waals surface area contributed by atoms with E-state index in [2.05, 4.69) is 19.2 Å². The Morgan fingerprint density at radius 2 is 1.77 bits per heavy atom. The fraction of sp³-hybridized carbons (Fsp3) is 0.652. The Kier molecular flexibility index (Phi) is 11.3. The smallest absolute Gasteiger partial charge is 0.408 e. The number of esters is 1. The summed E-state index contributed by atoms with van der Waals surface area (Å²) in [6, 6.07) is 8.46. The molecule has 1 N–H and O–H groups in total. The zero-order valence-electron chi connectivity index (χ0n) is 19.1. The quantitative estimate of drug-likeness (QED) is 0.719. The summed E-state index contributed by atoms with van der Waals surface area (Å²) in [5.41, 5.74) is -0.657. The average molecular weight is 424 g/mol. The molecule has 1 aromatic rings. The van der Waals surface area contributed by atoms with Gasteiger partial charge in [-0.1, -0.05) is 44.9 Å². The van der Waals surface area contributed by atoms with Crippen LogP contribution in [0.2, 0.25) is 0 Å². The van der Waals surface area contributed by atoms with Crippen LogP contribution in [0.4, 0.5) is 4.79 Å². The highest BCUT2D eigenvalue weighted by atomic mass is 16.6. The second-order valence-electron chi connectivity index (χ2n) is 8.27. The summed E-state index contributed by atoms with van der Waals surface area (Å²) in [5.74, 6) is 0.172. The summed E-state index contributed by atoms with van der Waals surface area (Å²) in [7, 11) is 0. The van der Waals surface area contributed by atoms with Gasteiger partial charge in [-0.2, -0.15) is 0 Å². The lowest BCUT2D eigenvalue weighted by Gasteiger charge is -2.23. The predicted molar refractivity (Wildman–Crippen MR) is 116 cm³/mol. The molecule has 1 saturated heterocycles. The number of hydrogen-bond donors (Lipinski definition) is 1. The van der Waals surface area contributed by atoms with Crippen LogP contribution in [0, 0.1) is 0 Å². The van der Waals surface area contributed by atoms with Crippen LogP contribution in [0.5, 0.6) is 5.75 Å². The summed E-state index contributed by atoms with van der Waals surface area (Å²) >= 11 is 0. The zero-order valence-corrected chi connectivity index (χ0v) is 19.1. The van der Waals surface area contributed by atoms with Crippen molar-refractivity contribution in [2.75, 3.05) is 13.2 Å². The molecule has 1 aliphatic heterocycles. The number of amides is 1. The number of benzene rings is 1. The fourth-order valence-electron chi connectivity index (χ4n) is 2.48. The van der Waals surface area contributed by atoms with Gasteiger partial charge in [-0.25, -0.2) is 9.59 Å². The Morgan fingerprint density at radius 1 is 1.13 bits per heavy atom. The van der Waals surface area contributed by atoms with Gasteiger partial charge in [0.15, 0.2) is 6.04 Å². The van der Waals surface area contributed by atoms with Crippen molar-refractivity contribution in [3.63, 3.8) is 0 Å². The molecule has 0 bridgehead atoms. The fourth-order valence-corrected chi connectivity index (χ4v) is 2.48. The Balaban J connectivity index is 0.00000103.